The van der Waals surface area contributed by atoms with Gasteiger partial charge >= 0.3 is 25.7 Å². The van der Waals surface area contributed by atoms with E-state index in [0.717, 1.165) is 89.9 Å². The third kappa shape index (κ3) is 57.3. The molecule has 0 aromatic carbocycles. The third-order valence-electron chi connectivity index (χ3n) is 13.3. The lowest BCUT2D eigenvalue weighted by atomic mass is 10.0. The van der Waals surface area contributed by atoms with E-state index in [1.54, 1.807) is 0 Å². The van der Waals surface area contributed by atoms with E-state index >= 15 is 0 Å². The molecular formula is C66H115O11P. The van der Waals surface area contributed by atoms with Crippen LogP contribution >= 0.6 is 7.82 Å². The van der Waals surface area contributed by atoms with Crippen molar-refractivity contribution < 1.29 is 52.2 Å². The van der Waals surface area contributed by atoms with Gasteiger partial charge in [0.2, 0.25) is 0 Å². The van der Waals surface area contributed by atoms with Crippen LogP contribution < -0.4 is 0 Å². The van der Waals surface area contributed by atoms with Crippen LogP contribution in [0.15, 0.2) is 85.1 Å². The average molecular weight is 1120 g/mol. The first-order chi connectivity index (χ1) is 38.2. The summed E-state index contributed by atoms with van der Waals surface area (Å²) < 4.78 is 39.6. The number of phosphoric ester groups is 1. The third-order valence-corrected chi connectivity index (χ3v) is 14.3. The van der Waals surface area contributed by atoms with Crippen LogP contribution in [-0.4, -0.2) is 66.5 Å². The Hall–Kier alpha value is -3.34. The molecule has 0 aliphatic rings. The fourth-order valence-corrected chi connectivity index (χ4v) is 9.32. The number of carbonyl (C=O) groups excluding carboxylic acids is 3. The van der Waals surface area contributed by atoms with Gasteiger partial charge in [0, 0.05) is 19.3 Å². The molecule has 0 aliphatic heterocycles. The van der Waals surface area contributed by atoms with Gasteiger partial charge in [-0.2, -0.15) is 0 Å². The van der Waals surface area contributed by atoms with Gasteiger partial charge in [-0.15, -0.1) is 0 Å². The minimum absolute atomic E-state index is 0.0859. The number of allylic oxidation sites excluding steroid dienone is 14. The van der Waals surface area contributed by atoms with Crippen molar-refractivity contribution in [1.82, 2.24) is 0 Å². The predicted octanol–water partition coefficient (Wildman–Crippen LogP) is 19.0. The quantitative estimate of drug-likeness (QED) is 0.0197. The molecular weight excluding hydrogens is 1000 g/mol. The molecule has 3 unspecified atom stereocenters. The van der Waals surface area contributed by atoms with Crippen molar-refractivity contribution >= 4 is 25.7 Å². The number of aliphatic hydroxyl groups excluding tert-OH is 1. The second-order valence-electron chi connectivity index (χ2n) is 20.8. The topological polar surface area (TPSA) is 155 Å². The van der Waals surface area contributed by atoms with Crippen LogP contribution in [0, 0.1) is 0 Å². The van der Waals surface area contributed by atoms with E-state index in [1.807, 2.05) is 12.2 Å². The van der Waals surface area contributed by atoms with E-state index in [0.29, 0.717) is 25.7 Å². The van der Waals surface area contributed by atoms with Crippen LogP contribution in [0.1, 0.15) is 278 Å². The number of rotatable bonds is 58. The highest BCUT2D eigenvalue weighted by atomic mass is 31.2. The highest BCUT2D eigenvalue weighted by Gasteiger charge is 2.28. The van der Waals surface area contributed by atoms with Crippen LogP contribution in [0.4, 0.5) is 0 Å². The molecule has 2 N–H and O–H groups in total. The molecule has 0 aliphatic carbocycles. The molecule has 0 aromatic heterocycles. The zero-order chi connectivity index (χ0) is 56.9. The van der Waals surface area contributed by atoms with E-state index in [1.165, 1.54) is 122 Å². The van der Waals surface area contributed by atoms with E-state index < -0.39 is 57.8 Å². The number of esters is 3. The van der Waals surface area contributed by atoms with Gasteiger partial charge in [0.25, 0.3) is 0 Å². The second-order valence-corrected chi connectivity index (χ2v) is 22.3. The number of unbranched alkanes of at least 4 members (excludes halogenated alkanes) is 27. The minimum Gasteiger partial charge on any atom is -0.462 e. The molecule has 0 aromatic rings. The maximum atomic E-state index is 12.9. The first kappa shape index (κ1) is 74.7. The monoisotopic (exact) mass is 1110 g/mol. The zero-order valence-corrected chi connectivity index (χ0v) is 50.8. The van der Waals surface area contributed by atoms with E-state index in [-0.39, 0.29) is 25.9 Å². The fraction of sp³-hybridized carbons (Fsp3) is 0.742. The lowest BCUT2D eigenvalue weighted by Gasteiger charge is -2.21. The summed E-state index contributed by atoms with van der Waals surface area (Å²) in [6, 6.07) is 0. The molecule has 12 heteroatoms. The zero-order valence-electron chi connectivity index (χ0n) is 49.9. The molecule has 0 saturated heterocycles. The SMILES string of the molecule is CC/C=C\C/C=C\C/C=C\C/C=C\C/C=C\CCCC(=O)OC(COC(=O)CCCCCCCCC/C=C\C/C=C\CCCCC)COP(=O)(O)OCC(CO)OC(=O)CCCCCCCCCCCCCCCCCCC. The molecule has 0 saturated carbocycles. The lowest BCUT2D eigenvalue weighted by Crippen LogP contribution is -2.30. The molecule has 0 fully saturated rings. The van der Waals surface area contributed by atoms with Gasteiger partial charge in [0.15, 0.2) is 6.10 Å². The molecule has 11 nitrogen and oxygen atoms in total. The first-order valence-corrected chi connectivity index (χ1v) is 33.0. The van der Waals surface area contributed by atoms with Crippen LogP contribution in [0.5, 0.6) is 0 Å². The average Bonchev–Trinajstić information content (AvgIpc) is 3.43. The Morgan fingerprint density at radius 3 is 1.10 bits per heavy atom. The van der Waals surface area contributed by atoms with Crippen molar-refractivity contribution in [1.29, 1.82) is 0 Å². The van der Waals surface area contributed by atoms with Crippen LogP contribution in [0.25, 0.3) is 0 Å². The summed E-state index contributed by atoms with van der Waals surface area (Å²) in [5, 5.41) is 9.85. The maximum Gasteiger partial charge on any atom is 0.472 e. The largest absolute Gasteiger partial charge is 0.472 e. The molecule has 0 spiro atoms. The fourth-order valence-electron chi connectivity index (χ4n) is 8.54. The van der Waals surface area contributed by atoms with E-state index in [4.69, 9.17) is 23.3 Å². The minimum atomic E-state index is -4.77. The van der Waals surface area contributed by atoms with Gasteiger partial charge < -0.3 is 24.2 Å². The van der Waals surface area contributed by atoms with Crippen LogP contribution in [0.3, 0.4) is 0 Å². The summed E-state index contributed by atoms with van der Waals surface area (Å²) in [5.74, 6) is -1.54. The molecule has 78 heavy (non-hydrogen) atoms. The van der Waals surface area contributed by atoms with Gasteiger partial charge in [-0.25, -0.2) is 4.57 Å². The van der Waals surface area contributed by atoms with Crippen molar-refractivity contribution in [2.45, 2.75) is 290 Å². The summed E-state index contributed by atoms with van der Waals surface area (Å²) in [5.41, 5.74) is 0. The first-order valence-electron chi connectivity index (χ1n) is 31.5. The number of hydrogen-bond acceptors (Lipinski definition) is 10. The van der Waals surface area contributed by atoms with Gasteiger partial charge in [-0.05, 0) is 89.9 Å². The molecule has 3 atom stereocenters. The van der Waals surface area contributed by atoms with Crippen molar-refractivity contribution in [3.05, 3.63) is 85.1 Å². The number of carbonyl (C=O) groups is 3. The van der Waals surface area contributed by atoms with Crippen LogP contribution in [0.2, 0.25) is 0 Å². The highest BCUT2D eigenvalue weighted by Crippen LogP contribution is 2.43. The van der Waals surface area contributed by atoms with Crippen LogP contribution in [-0.2, 0) is 42.2 Å². The summed E-state index contributed by atoms with van der Waals surface area (Å²) >= 11 is 0. The van der Waals surface area contributed by atoms with Crippen molar-refractivity contribution in [2.24, 2.45) is 0 Å². The molecule has 450 valence electrons. The number of aliphatic hydroxyl groups is 1. The van der Waals surface area contributed by atoms with Crippen molar-refractivity contribution in [3.63, 3.8) is 0 Å². The molecule has 0 heterocycles. The second kappa shape index (κ2) is 59.8. The Bertz CT molecular complexity index is 1630. The summed E-state index contributed by atoms with van der Waals surface area (Å²) in [6.45, 7) is 4.47. The number of ether oxygens (including phenoxy) is 3. The summed E-state index contributed by atoms with van der Waals surface area (Å²) in [6.07, 6.45) is 69.7. The Morgan fingerprint density at radius 1 is 0.372 bits per heavy atom. The maximum absolute atomic E-state index is 12.9. The summed E-state index contributed by atoms with van der Waals surface area (Å²) in [4.78, 5) is 48.7. The van der Waals surface area contributed by atoms with Gasteiger partial charge in [0.1, 0.15) is 12.7 Å². The number of phosphoric acid groups is 1. The van der Waals surface area contributed by atoms with Gasteiger partial charge in [-0.3, -0.25) is 23.4 Å². The Balaban J connectivity index is 4.76. The lowest BCUT2D eigenvalue weighted by molar-refractivity contribution is -0.161. The molecule has 0 bridgehead atoms. The highest BCUT2D eigenvalue weighted by molar-refractivity contribution is 7.47. The molecule has 0 amide bonds. The van der Waals surface area contributed by atoms with Crippen molar-refractivity contribution in [2.75, 3.05) is 26.4 Å². The smallest absolute Gasteiger partial charge is 0.462 e. The Kier molecular flexibility index (Phi) is 57.2. The standard InChI is InChI=1S/C66H115O11P/c1-4-7-10-13-16-19-22-25-28-31-34-37-40-43-46-49-52-55-64(68)73-59-63(77-66(70)57-54-51-48-45-42-39-36-33-30-27-24-21-18-15-12-9-6-3)61-75-78(71,72)74-60-62(58-67)76-65(69)56-53-50-47-44-41-38-35-32-29-26-23-20-17-14-11-8-5-2/h9,12,16,18-19,21,25,27-28,30,36,39,45,48,62-63,67H,4-8,10-11,13-15,17,20,22-24,26,29,31-35,37-38,40-44,46-47,49-61H2,1-3H3,(H,71,72)/b12-9-,19-16-,21-18-,28-25-,30-27-,39-36-,48-45-. The molecule has 0 radical (unpaired) electrons. The van der Waals surface area contributed by atoms with Gasteiger partial charge in [0.05, 0.1) is 19.8 Å². The Morgan fingerprint density at radius 2 is 0.679 bits per heavy atom. The predicted molar refractivity (Wildman–Crippen MR) is 325 cm³/mol. The Labute approximate surface area is 477 Å². The van der Waals surface area contributed by atoms with E-state index in [2.05, 4.69) is 93.7 Å². The summed E-state index contributed by atoms with van der Waals surface area (Å²) in [7, 11) is -4.77. The van der Waals surface area contributed by atoms with E-state index in [9.17, 15) is 28.9 Å². The normalized spacial score (nSPS) is 13.9. The van der Waals surface area contributed by atoms with Crippen molar-refractivity contribution in [3.8, 4) is 0 Å². The number of hydrogen-bond donors (Lipinski definition) is 2. The molecule has 0 rings (SSSR count). The van der Waals surface area contributed by atoms with Gasteiger partial charge in [-0.1, -0.05) is 254 Å².